The fourth-order valence-electron chi connectivity index (χ4n) is 4.26. The van der Waals surface area contributed by atoms with Crippen molar-refractivity contribution < 1.29 is 27.4 Å². The normalized spacial score (nSPS) is 16.0. The molecule has 0 bridgehead atoms. The lowest BCUT2D eigenvalue weighted by Crippen LogP contribution is -2.38. The van der Waals surface area contributed by atoms with E-state index < -0.39 is 10.0 Å². The number of hydrogen-bond donors (Lipinski definition) is 0. The zero-order valence-electron chi connectivity index (χ0n) is 21.7. The van der Waals surface area contributed by atoms with Crippen molar-refractivity contribution >= 4 is 54.2 Å². The molecule has 2 heterocycles. The number of benzene rings is 2. The molecule has 1 amide bonds. The van der Waals surface area contributed by atoms with Gasteiger partial charge in [-0.15, -0.1) is 0 Å². The van der Waals surface area contributed by atoms with E-state index in [4.69, 9.17) is 30.8 Å². The Labute approximate surface area is 232 Å². The number of anilines is 1. The number of sulfonamides is 1. The first-order valence-electron chi connectivity index (χ1n) is 12.3. The van der Waals surface area contributed by atoms with Crippen LogP contribution in [0.4, 0.5) is 5.13 Å². The molecule has 206 valence electrons. The van der Waals surface area contributed by atoms with Gasteiger partial charge >= 0.3 is 0 Å². The molecule has 0 spiro atoms. The van der Waals surface area contributed by atoms with Crippen LogP contribution in [0, 0.1) is 6.92 Å². The Bertz CT molecular complexity index is 1310. The number of thiazole rings is 1. The number of halogens is 1. The number of ether oxygens (including phenoxy) is 3. The number of aryl methyl sites for hydroxylation is 1. The van der Waals surface area contributed by atoms with Gasteiger partial charge in [-0.2, -0.15) is 4.31 Å². The highest BCUT2D eigenvalue weighted by Gasteiger charge is 2.29. The summed E-state index contributed by atoms with van der Waals surface area (Å²) in [6.45, 7) is 3.85. The van der Waals surface area contributed by atoms with Crippen molar-refractivity contribution in [1.29, 1.82) is 0 Å². The second-order valence-corrected chi connectivity index (χ2v) is 12.3. The van der Waals surface area contributed by atoms with Gasteiger partial charge in [-0.1, -0.05) is 29.0 Å². The maximum absolute atomic E-state index is 13.8. The third kappa shape index (κ3) is 6.36. The second-order valence-electron chi connectivity index (χ2n) is 9.00. The van der Waals surface area contributed by atoms with Crippen molar-refractivity contribution in [3.8, 4) is 0 Å². The van der Waals surface area contributed by atoms with E-state index in [9.17, 15) is 13.2 Å². The van der Waals surface area contributed by atoms with Crippen LogP contribution >= 0.6 is 22.9 Å². The summed E-state index contributed by atoms with van der Waals surface area (Å²) in [5.74, 6) is -0.284. The molecule has 0 radical (unpaired) electrons. The summed E-state index contributed by atoms with van der Waals surface area (Å²) in [6, 6.07) is 9.72. The predicted molar refractivity (Wildman–Crippen MR) is 149 cm³/mol. The number of nitrogens with zero attached hydrogens (tertiary/aromatic N) is 3. The molecule has 3 aromatic rings. The van der Waals surface area contributed by atoms with Gasteiger partial charge in [-0.05, 0) is 55.7 Å². The Balaban J connectivity index is 1.63. The SMILES string of the molecule is COCCN(CCOC)S(=O)(=O)c1ccc(C(=O)N(CC2CCCO2)c2nc3c(C)ccc(Cl)c3s2)cc1. The van der Waals surface area contributed by atoms with Crippen LogP contribution in [0.3, 0.4) is 0 Å². The van der Waals surface area contributed by atoms with E-state index in [1.54, 1.807) is 4.90 Å². The standard InChI is InChI=1S/C26H32ClN3O6S2/c1-18-6-11-22(27)24-23(18)28-26(37-24)30(17-20-5-4-14-36-20)25(31)19-7-9-21(10-8-19)38(32,33)29(12-15-34-2)13-16-35-3/h6-11,20H,4-5,12-17H2,1-3H3. The molecule has 1 unspecified atom stereocenters. The van der Waals surface area contributed by atoms with E-state index in [1.165, 1.54) is 54.1 Å². The van der Waals surface area contributed by atoms with E-state index >= 15 is 0 Å². The van der Waals surface area contributed by atoms with Gasteiger partial charge in [0.05, 0.1) is 46.0 Å². The third-order valence-electron chi connectivity index (χ3n) is 6.40. The highest BCUT2D eigenvalue weighted by molar-refractivity contribution is 7.89. The molecule has 1 saturated heterocycles. The van der Waals surface area contributed by atoms with Crippen LogP contribution in [0.2, 0.25) is 5.02 Å². The Morgan fingerprint density at radius 1 is 1.13 bits per heavy atom. The summed E-state index contributed by atoms with van der Waals surface area (Å²) in [7, 11) is -0.766. The smallest absolute Gasteiger partial charge is 0.260 e. The fourth-order valence-corrected chi connectivity index (χ4v) is 6.99. The topological polar surface area (TPSA) is 98.3 Å². The van der Waals surface area contributed by atoms with Crippen LogP contribution in [0.15, 0.2) is 41.3 Å². The zero-order chi connectivity index (χ0) is 27.3. The van der Waals surface area contributed by atoms with E-state index in [-0.39, 0.29) is 43.2 Å². The predicted octanol–water partition coefficient (Wildman–Crippen LogP) is 4.37. The number of methoxy groups -OCH3 is 2. The summed E-state index contributed by atoms with van der Waals surface area (Å²) in [6.07, 6.45) is 1.69. The average Bonchev–Trinajstić information content (AvgIpc) is 3.60. The lowest BCUT2D eigenvalue weighted by molar-refractivity contribution is 0.0917. The van der Waals surface area contributed by atoms with Crippen LogP contribution in [0.25, 0.3) is 10.2 Å². The number of aromatic nitrogens is 1. The maximum Gasteiger partial charge on any atom is 0.260 e. The maximum atomic E-state index is 13.8. The van der Waals surface area contributed by atoms with Crippen molar-refractivity contribution in [1.82, 2.24) is 9.29 Å². The monoisotopic (exact) mass is 581 g/mol. The van der Waals surface area contributed by atoms with Gasteiger partial charge in [0.15, 0.2) is 5.13 Å². The minimum atomic E-state index is -3.80. The van der Waals surface area contributed by atoms with Gasteiger partial charge in [-0.25, -0.2) is 13.4 Å². The second kappa shape index (κ2) is 12.8. The van der Waals surface area contributed by atoms with Crippen LogP contribution in [-0.2, 0) is 24.2 Å². The molecule has 1 aromatic heterocycles. The minimum absolute atomic E-state index is 0.0920. The molecule has 1 fully saturated rings. The molecule has 38 heavy (non-hydrogen) atoms. The first kappa shape index (κ1) is 28.9. The van der Waals surface area contributed by atoms with Gasteiger partial charge in [0.1, 0.15) is 0 Å². The molecule has 12 heteroatoms. The Morgan fingerprint density at radius 2 is 1.82 bits per heavy atom. The average molecular weight is 582 g/mol. The summed E-state index contributed by atoms with van der Waals surface area (Å²) >= 11 is 7.79. The van der Waals surface area contributed by atoms with Crippen molar-refractivity contribution in [3.05, 3.63) is 52.5 Å². The largest absolute Gasteiger partial charge is 0.383 e. The van der Waals surface area contributed by atoms with E-state index in [0.717, 1.165) is 28.6 Å². The van der Waals surface area contributed by atoms with E-state index in [2.05, 4.69) is 0 Å². The van der Waals surface area contributed by atoms with E-state index in [0.29, 0.717) is 28.9 Å². The Hall–Kier alpha value is -2.12. The summed E-state index contributed by atoms with van der Waals surface area (Å²) < 4.78 is 44.6. The quantitative estimate of drug-likeness (QED) is 0.313. The first-order chi connectivity index (χ1) is 18.3. The molecule has 9 nitrogen and oxygen atoms in total. The van der Waals surface area contributed by atoms with Crippen LogP contribution < -0.4 is 4.90 Å². The minimum Gasteiger partial charge on any atom is -0.383 e. The lowest BCUT2D eigenvalue weighted by Gasteiger charge is -2.24. The number of amides is 1. The molecule has 1 aliphatic rings. The molecule has 0 N–H and O–H groups in total. The number of fused-ring (bicyclic) bond motifs is 1. The Morgan fingerprint density at radius 3 is 2.39 bits per heavy atom. The van der Waals surface area contributed by atoms with Crippen LogP contribution in [0.1, 0.15) is 28.8 Å². The van der Waals surface area contributed by atoms with Crippen LogP contribution in [-0.4, -0.2) is 83.4 Å². The summed E-state index contributed by atoms with van der Waals surface area (Å²) in [4.78, 5) is 20.2. The molecule has 1 atom stereocenters. The third-order valence-corrected chi connectivity index (χ3v) is 9.85. The van der Waals surface area contributed by atoms with Gasteiger partial charge < -0.3 is 14.2 Å². The van der Waals surface area contributed by atoms with Crippen molar-refractivity contribution in [3.63, 3.8) is 0 Å². The molecular weight excluding hydrogens is 550 g/mol. The van der Waals surface area contributed by atoms with E-state index in [1.807, 2.05) is 19.1 Å². The van der Waals surface area contributed by atoms with Gasteiger partial charge in [0.2, 0.25) is 10.0 Å². The first-order valence-corrected chi connectivity index (χ1v) is 15.0. The summed E-state index contributed by atoms with van der Waals surface area (Å²) in [5, 5.41) is 1.11. The molecule has 0 aliphatic carbocycles. The number of carbonyl (C=O) groups is 1. The number of rotatable bonds is 12. The molecule has 0 saturated carbocycles. The zero-order valence-corrected chi connectivity index (χ0v) is 24.1. The van der Waals surface area contributed by atoms with Crippen molar-refractivity contribution in [2.75, 3.05) is 58.6 Å². The number of hydrogen-bond acceptors (Lipinski definition) is 8. The summed E-state index contributed by atoms with van der Waals surface area (Å²) in [5.41, 5.74) is 2.08. The lowest BCUT2D eigenvalue weighted by atomic mass is 10.2. The molecule has 4 rings (SSSR count). The van der Waals surface area contributed by atoms with Gasteiger partial charge in [0.25, 0.3) is 5.91 Å². The van der Waals surface area contributed by atoms with Gasteiger partial charge in [-0.3, -0.25) is 9.69 Å². The van der Waals surface area contributed by atoms with Crippen molar-refractivity contribution in [2.45, 2.75) is 30.8 Å². The highest BCUT2D eigenvalue weighted by atomic mass is 35.5. The van der Waals surface area contributed by atoms with Gasteiger partial charge in [0, 0.05) is 39.5 Å². The Kier molecular flexibility index (Phi) is 9.74. The molecule has 1 aliphatic heterocycles. The number of carbonyl (C=O) groups excluding carboxylic acids is 1. The molecular formula is C26H32ClN3O6S2. The molecule has 2 aromatic carbocycles. The van der Waals surface area contributed by atoms with Crippen molar-refractivity contribution in [2.24, 2.45) is 0 Å². The highest BCUT2D eigenvalue weighted by Crippen LogP contribution is 2.36. The fraction of sp³-hybridized carbons (Fsp3) is 0.462. The van der Waals surface area contributed by atoms with Crippen LogP contribution in [0.5, 0.6) is 0 Å².